The number of anilines is 2. The molecule has 5 aromatic heterocycles. The summed E-state index contributed by atoms with van der Waals surface area (Å²) in [5.74, 6) is 0. The summed E-state index contributed by atoms with van der Waals surface area (Å²) in [6.45, 7) is 31.4. The van der Waals surface area contributed by atoms with Crippen LogP contribution in [0.5, 0.6) is 0 Å². The molecule has 7 aromatic rings. The average molecular weight is 1080 g/mol. The molecule has 81 heavy (non-hydrogen) atoms. The highest BCUT2D eigenvalue weighted by Crippen LogP contribution is 2.26. The van der Waals surface area contributed by atoms with Gasteiger partial charge >= 0.3 is 0 Å². The van der Waals surface area contributed by atoms with E-state index in [2.05, 4.69) is 162 Å². The quantitative estimate of drug-likeness (QED) is 0.0721. The third-order valence-electron chi connectivity index (χ3n) is 12.3. The molecule has 8 aliphatic heterocycles. The topological polar surface area (TPSA) is 173 Å². The van der Waals surface area contributed by atoms with Crippen LogP contribution >= 0.6 is 11.8 Å². The Morgan fingerprint density at radius 1 is 0.481 bits per heavy atom. The van der Waals surface area contributed by atoms with Crippen LogP contribution in [0.2, 0.25) is 0 Å². The number of para-hydroxylation sites is 1. The van der Waals surface area contributed by atoms with Gasteiger partial charge in [-0.2, -0.15) is 5.10 Å². The lowest BCUT2D eigenvalue weighted by Crippen LogP contribution is -2.17. The predicted octanol–water partition coefficient (Wildman–Crippen LogP) is 11.4. The van der Waals surface area contributed by atoms with Crippen LogP contribution in [0.25, 0.3) is 65.4 Å². The van der Waals surface area contributed by atoms with E-state index in [0.717, 1.165) is 108 Å². The second-order valence-electron chi connectivity index (χ2n) is 18.0. The number of allylic oxidation sites excluding steroid dienone is 2. The van der Waals surface area contributed by atoms with E-state index in [9.17, 15) is 0 Å². The van der Waals surface area contributed by atoms with Crippen LogP contribution in [0.1, 0.15) is 61.5 Å². The normalized spacial score (nSPS) is 14.3. The summed E-state index contributed by atoms with van der Waals surface area (Å²) < 4.78 is 0. The molecular weight excluding hydrogens is 1020 g/mol. The van der Waals surface area contributed by atoms with Crippen LogP contribution in [0.4, 0.5) is 11.4 Å². The van der Waals surface area contributed by atoms with Crippen molar-refractivity contribution in [2.24, 2.45) is 5.10 Å². The Kier molecular flexibility index (Phi) is 19.9. The number of rotatable bonds is 0. The average Bonchev–Trinajstić information content (AvgIpc) is 4.26. The zero-order valence-electron chi connectivity index (χ0n) is 44.8. The monoisotopic (exact) mass is 1080 g/mol. The molecule has 13 heterocycles. The van der Waals surface area contributed by atoms with Crippen LogP contribution in [-0.4, -0.2) is 30.5 Å². The molecule has 15 rings (SSSR count). The number of nitrogens with one attached hydrogen (secondary N) is 8. The smallest absolute Gasteiger partial charge is 0.0930 e. The first-order chi connectivity index (χ1) is 39.5. The van der Waals surface area contributed by atoms with Crippen molar-refractivity contribution in [3.63, 3.8) is 0 Å². The molecule has 0 atom stereocenters. The highest BCUT2D eigenvalue weighted by Gasteiger charge is 2.13. The standard InChI is InChI=1S/5C9H8N2.2C9H9N.C3H4N2S/c1-7-9-3-4-10-6-8(9)2-5-11-7;1-7-9-6-10-4-2-8(9)3-5-11-7;1-7-8-3-2-5-11-9(8)4-6-10-7;1-7-9-8(4-6-10-7)3-2-5-11-9;1-7-5-9-8(6-11-7)3-2-4-10-9;1-7-9-5-3-2-4-8(9)6-10-7;1-7-6-8-4-2-3-5-9(8)10-7;1-3-5-4-2-6-3/h2*2-6,11H,1H2;3*2-6,10H,1H2;2*2-5,10H,1,6H2;2,5H,1H2. The second-order valence-corrected chi connectivity index (χ2v) is 18.9. The zero-order valence-corrected chi connectivity index (χ0v) is 45.6. The molecule has 15 heteroatoms. The molecule has 2 aromatic carbocycles. The van der Waals surface area contributed by atoms with Gasteiger partial charge in [-0.1, -0.05) is 113 Å². The first-order valence-corrected chi connectivity index (χ1v) is 26.4. The van der Waals surface area contributed by atoms with Crippen LogP contribution in [0, 0.1) is 0 Å². The maximum Gasteiger partial charge on any atom is 0.0930 e. The third-order valence-corrected chi connectivity index (χ3v) is 12.9. The Morgan fingerprint density at radius 2 is 1.15 bits per heavy atom. The van der Waals surface area contributed by atoms with Crippen LogP contribution in [0.15, 0.2) is 233 Å². The van der Waals surface area contributed by atoms with E-state index in [-0.39, 0.29) is 0 Å². The molecule has 0 unspecified atom stereocenters. The van der Waals surface area contributed by atoms with Crippen molar-refractivity contribution in [1.29, 1.82) is 0 Å². The molecule has 0 aliphatic carbocycles. The van der Waals surface area contributed by atoms with Crippen molar-refractivity contribution in [3.05, 3.63) is 300 Å². The lowest BCUT2D eigenvalue weighted by atomic mass is 10.1. The van der Waals surface area contributed by atoms with Gasteiger partial charge in [-0.15, -0.1) is 0 Å². The summed E-state index contributed by atoms with van der Waals surface area (Å²) in [7, 11) is 0. The van der Waals surface area contributed by atoms with E-state index in [1.54, 1.807) is 30.3 Å². The van der Waals surface area contributed by atoms with Gasteiger partial charge in [0.1, 0.15) is 0 Å². The summed E-state index contributed by atoms with van der Waals surface area (Å²) in [5, 5.41) is 28.0. The summed E-state index contributed by atoms with van der Waals surface area (Å²) in [5.41, 5.74) is 25.0. The SMILES string of the molecule is C=C1Cc2ccccc2N1.C=C1NC=Cc2cccnc21.C=C1NC=Cc2ccncc21.C=C1NC=Cc2cnccc21.C=C1NC=Cc2ncccc21.C=C1NCc2ccccc21.C=C1NN=CS1.C=c1cc2c(cn1)=CC=CN2. The fraction of sp³-hybridized carbons (Fsp3) is 0.0303. The van der Waals surface area contributed by atoms with Gasteiger partial charge in [-0.05, 0) is 95.6 Å². The first kappa shape index (κ1) is 56.4. The number of fused-ring (bicyclic) bond motifs is 7. The van der Waals surface area contributed by atoms with Crippen LogP contribution in [-0.2, 0) is 13.0 Å². The molecule has 0 fully saturated rings. The van der Waals surface area contributed by atoms with Gasteiger partial charge in [-0.25, -0.2) is 0 Å². The molecule has 0 amide bonds. The van der Waals surface area contributed by atoms with Crippen molar-refractivity contribution in [2.75, 3.05) is 10.6 Å². The predicted molar refractivity (Wildman–Crippen MR) is 342 cm³/mol. The van der Waals surface area contributed by atoms with E-state index in [1.165, 1.54) is 39.7 Å². The summed E-state index contributed by atoms with van der Waals surface area (Å²) >= 11 is 1.50. The fourth-order valence-electron chi connectivity index (χ4n) is 8.24. The highest BCUT2D eigenvalue weighted by molar-refractivity contribution is 8.15. The molecule has 14 nitrogen and oxygen atoms in total. The maximum absolute atomic E-state index is 4.19. The lowest BCUT2D eigenvalue weighted by molar-refractivity contribution is 0.946. The van der Waals surface area contributed by atoms with Gasteiger partial charge in [0.2, 0.25) is 0 Å². The van der Waals surface area contributed by atoms with Crippen molar-refractivity contribution < 1.29 is 0 Å². The van der Waals surface area contributed by atoms with E-state index < -0.39 is 0 Å². The Bertz CT molecular complexity index is 3520. The molecule has 0 saturated carbocycles. The molecule has 402 valence electrons. The Morgan fingerprint density at radius 3 is 1.86 bits per heavy atom. The van der Waals surface area contributed by atoms with E-state index >= 15 is 0 Å². The maximum atomic E-state index is 4.19. The van der Waals surface area contributed by atoms with Gasteiger partial charge < -0.3 is 37.2 Å². The highest BCUT2D eigenvalue weighted by atomic mass is 32.2. The lowest BCUT2D eigenvalue weighted by Gasteiger charge is -2.12. The number of pyridine rings is 5. The van der Waals surface area contributed by atoms with Gasteiger partial charge in [0.15, 0.2) is 0 Å². The van der Waals surface area contributed by atoms with Crippen molar-refractivity contribution in [1.82, 2.24) is 56.9 Å². The number of benzene rings is 2. The number of hydrazone groups is 1. The Balaban J connectivity index is 0.000000122. The second kappa shape index (κ2) is 28.6. The van der Waals surface area contributed by atoms with Gasteiger partial charge in [-0.3, -0.25) is 30.3 Å². The Hall–Kier alpha value is -10.8. The first-order valence-electron chi connectivity index (χ1n) is 25.5. The van der Waals surface area contributed by atoms with Gasteiger partial charge in [0, 0.05) is 166 Å². The molecular formula is C66H62N14S. The van der Waals surface area contributed by atoms with Crippen LogP contribution < -0.4 is 53.2 Å². The van der Waals surface area contributed by atoms with Gasteiger partial charge in [0.25, 0.3) is 0 Å². The van der Waals surface area contributed by atoms with E-state index in [1.807, 2.05) is 141 Å². The van der Waals surface area contributed by atoms with Crippen molar-refractivity contribution in [2.45, 2.75) is 13.0 Å². The fourth-order valence-corrected chi connectivity index (χ4v) is 8.58. The minimum absolute atomic E-state index is 0.792. The molecule has 8 aliphatic rings. The van der Waals surface area contributed by atoms with E-state index in [0.29, 0.717) is 0 Å². The number of thioether (sulfide) groups is 1. The molecule has 8 N–H and O–H groups in total. The minimum Gasteiger partial charge on any atom is -0.381 e. The molecule has 0 saturated heterocycles. The summed E-state index contributed by atoms with van der Waals surface area (Å²) in [4.78, 5) is 20.5. The number of nitrogens with zero attached hydrogens (tertiary/aromatic N) is 6. The van der Waals surface area contributed by atoms with Crippen molar-refractivity contribution in [3.8, 4) is 0 Å². The minimum atomic E-state index is 0.792. The number of hydrogen-bond donors (Lipinski definition) is 8. The molecule has 0 spiro atoms. The van der Waals surface area contributed by atoms with Crippen molar-refractivity contribution >= 4 is 94.1 Å². The van der Waals surface area contributed by atoms with Crippen LogP contribution in [0.3, 0.4) is 0 Å². The largest absolute Gasteiger partial charge is 0.381 e. The number of aromatic nitrogens is 5. The zero-order chi connectivity index (χ0) is 56.8. The molecule has 0 bridgehead atoms. The third kappa shape index (κ3) is 16.1. The Labute approximate surface area is 477 Å². The van der Waals surface area contributed by atoms with Gasteiger partial charge in [0.05, 0.1) is 33.0 Å². The summed E-state index contributed by atoms with van der Waals surface area (Å²) in [6.07, 6.45) is 34.8. The number of hydrogen-bond acceptors (Lipinski definition) is 15. The van der Waals surface area contributed by atoms with E-state index in [4.69, 9.17) is 0 Å². The summed E-state index contributed by atoms with van der Waals surface area (Å²) in [6, 6.07) is 30.3. The molecule has 0 radical (unpaired) electrons.